The Morgan fingerprint density at radius 1 is 1.00 bits per heavy atom. The second-order valence-electron chi connectivity index (χ2n) is 4.59. The van der Waals surface area contributed by atoms with E-state index in [-0.39, 0.29) is 0 Å². The molecule has 0 aliphatic heterocycles. The first-order valence-electron chi connectivity index (χ1n) is 6.02. The average molecular weight is 239 g/mol. The van der Waals surface area contributed by atoms with Crippen LogP contribution in [0, 0.1) is 26.0 Å². The van der Waals surface area contributed by atoms with E-state index in [1.54, 1.807) is 6.21 Å². The Labute approximate surface area is 108 Å². The molecule has 0 amide bonds. The van der Waals surface area contributed by atoms with E-state index in [0.29, 0.717) is 0 Å². The van der Waals surface area contributed by atoms with E-state index in [4.69, 9.17) is 0 Å². The van der Waals surface area contributed by atoms with E-state index in [1.807, 2.05) is 57.2 Å². The van der Waals surface area contributed by atoms with Crippen LogP contribution in [0.15, 0.2) is 42.5 Å². The molecule has 92 valence electrons. The third kappa shape index (κ3) is 2.59. The molecule has 18 heavy (non-hydrogen) atoms. The quantitative estimate of drug-likeness (QED) is 0.338. The highest BCUT2D eigenvalue weighted by Crippen LogP contribution is 2.23. The van der Waals surface area contributed by atoms with Crippen LogP contribution < -0.4 is 0 Å². The van der Waals surface area contributed by atoms with E-state index in [2.05, 4.69) is 6.07 Å². The van der Waals surface area contributed by atoms with Gasteiger partial charge in [0.05, 0.1) is 0 Å². The van der Waals surface area contributed by atoms with Crippen molar-refractivity contribution in [1.29, 1.82) is 0 Å². The minimum absolute atomic E-state index is 0.719. The van der Waals surface area contributed by atoms with Crippen LogP contribution in [0.4, 0.5) is 5.69 Å². The maximum atomic E-state index is 12.2. The van der Waals surface area contributed by atoms with Crippen LogP contribution in [0.3, 0.4) is 0 Å². The molecule has 0 radical (unpaired) electrons. The molecule has 0 aromatic heterocycles. The molecule has 0 bridgehead atoms. The van der Waals surface area contributed by atoms with Crippen LogP contribution in [0.1, 0.15) is 22.3 Å². The fourth-order valence-corrected chi connectivity index (χ4v) is 1.99. The molecular formula is C16H17NO. The SMILES string of the molecule is Cc1cc(C)c(C)c([N+]([O-])=Cc2ccccc2)c1. The number of nitrogens with zero attached hydrogens (tertiary/aromatic N) is 1. The first-order chi connectivity index (χ1) is 8.58. The zero-order chi connectivity index (χ0) is 13.1. The van der Waals surface area contributed by atoms with Gasteiger partial charge in [0.2, 0.25) is 5.69 Å². The highest BCUT2D eigenvalue weighted by atomic mass is 16.5. The third-order valence-corrected chi connectivity index (χ3v) is 3.09. The third-order valence-electron chi connectivity index (χ3n) is 3.09. The fourth-order valence-electron chi connectivity index (χ4n) is 1.99. The summed E-state index contributed by atoms with van der Waals surface area (Å²) in [6.07, 6.45) is 1.61. The largest absolute Gasteiger partial charge is 0.618 e. The summed E-state index contributed by atoms with van der Waals surface area (Å²) in [5.41, 5.74) is 4.91. The van der Waals surface area contributed by atoms with Crippen LogP contribution in [-0.4, -0.2) is 11.0 Å². The Balaban J connectivity index is 2.46. The standard InChI is InChI=1S/C16H17NO/c1-12-9-13(2)14(3)16(10-12)17(18)11-15-7-5-4-6-8-15/h4-11H,1-3H3. The Bertz CT molecular complexity index is 586. The summed E-state index contributed by atoms with van der Waals surface area (Å²) in [6, 6.07) is 13.6. The summed E-state index contributed by atoms with van der Waals surface area (Å²) < 4.78 is 0.949. The van der Waals surface area contributed by atoms with Gasteiger partial charge in [0.15, 0.2) is 6.21 Å². The van der Waals surface area contributed by atoms with Gasteiger partial charge in [-0.25, -0.2) is 0 Å². The van der Waals surface area contributed by atoms with Crippen LogP contribution in [-0.2, 0) is 0 Å². The van der Waals surface area contributed by atoms with Crippen molar-refractivity contribution in [3.05, 3.63) is 69.9 Å². The lowest BCUT2D eigenvalue weighted by Crippen LogP contribution is -2.02. The summed E-state index contributed by atoms with van der Waals surface area (Å²) in [5, 5.41) is 12.2. The van der Waals surface area contributed by atoms with Crippen molar-refractivity contribution < 1.29 is 4.74 Å². The van der Waals surface area contributed by atoms with Gasteiger partial charge in [-0.05, 0) is 44.0 Å². The number of aryl methyl sites for hydroxylation is 2. The second-order valence-corrected chi connectivity index (χ2v) is 4.59. The lowest BCUT2D eigenvalue weighted by Gasteiger charge is -2.09. The lowest BCUT2D eigenvalue weighted by atomic mass is 10.0. The summed E-state index contributed by atoms with van der Waals surface area (Å²) in [7, 11) is 0. The Morgan fingerprint density at radius 3 is 2.33 bits per heavy atom. The number of hydrogen-bond acceptors (Lipinski definition) is 1. The Hall–Kier alpha value is -2.09. The normalized spacial score (nSPS) is 11.6. The number of rotatable bonds is 2. The van der Waals surface area contributed by atoms with Crippen molar-refractivity contribution in [1.82, 2.24) is 0 Å². The molecule has 0 aliphatic carbocycles. The van der Waals surface area contributed by atoms with Gasteiger partial charge in [0.25, 0.3) is 0 Å². The van der Waals surface area contributed by atoms with Gasteiger partial charge < -0.3 is 5.21 Å². The van der Waals surface area contributed by atoms with Gasteiger partial charge in [0.1, 0.15) is 0 Å². The molecular weight excluding hydrogens is 222 g/mol. The topological polar surface area (TPSA) is 26.1 Å². The van der Waals surface area contributed by atoms with E-state index < -0.39 is 0 Å². The van der Waals surface area contributed by atoms with Crippen LogP contribution in [0.2, 0.25) is 0 Å². The molecule has 0 fully saturated rings. The summed E-state index contributed by atoms with van der Waals surface area (Å²) in [4.78, 5) is 0. The van der Waals surface area contributed by atoms with Crippen molar-refractivity contribution in [3.8, 4) is 0 Å². The van der Waals surface area contributed by atoms with Gasteiger partial charge >= 0.3 is 0 Å². The van der Waals surface area contributed by atoms with Crippen LogP contribution >= 0.6 is 0 Å². The molecule has 0 unspecified atom stereocenters. The Morgan fingerprint density at radius 2 is 1.67 bits per heavy atom. The van der Waals surface area contributed by atoms with Crippen molar-refractivity contribution in [2.45, 2.75) is 20.8 Å². The minimum Gasteiger partial charge on any atom is -0.618 e. The second kappa shape index (κ2) is 5.05. The van der Waals surface area contributed by atoms with Gasteiger partial charge in [-0.2, -0.15) is 4.74 Å². The number of hydrogen-bond donors (Lipinski definition) is 0. The number of benzene rings is 2. The summed E-state index contributed by atoms with van der Waals surface area (Å²) in [6.45, 7) is 6.02. The molecule has 0 spiro atoms. The zero-order valence-corrected chi connectivity index (χ0v) is 11.0. The van der Waals surface area contributed by atoms with Gasteiger partial charge in [-0.1, -0.05) is 24.3 Å². The molecule has 0 aliphatic rings. The molecule has 0 saturated heterocycles. The first-order valence-corrected chi connectivity index (χ1v) is 6.02. The predicted octanol–water partition coefficient (Wildman–Crippen LogP) is 3.87. The molecule has 0 heterocycles. The smallest absolute Gasteiger partial charge is 0.219 e. The molecule has 0 saturated carbocycles. The van der Waals surface area contributed by atoms with E-state index in [0.717, 1.165) is 32.7 Å². The maximum absolute atomic E-state index is 12.2. The molecule has 2 aromatic rings. The maximum Gasteiger partial charge on any atom is 0.219 e. The van der Waals surface area contributed by atoms with Crippen LogP contribution in [0.5, 0.6) is 0 Å². The van der Waals surface area contributed by atoms with Crippen molar-refractivity contribution in [3.63, 3.8) is 0 Å². The highest BCUT2D eigenvalue weighted by Gasteiger charge is 2.09. The van der Waals surface area contributed by atoms with Crippen molar-refractivity contribution in [2.24, 2.45) is 0 Å². The molecule has 2 heteroatoms. The Kier molecular flexibility index (Phi) is 3.47. The molecule has 0 atom stereocenters. The van der Waals surface area contributed by atoms with E-state index >= 15 is 0 Å². The van der Waals surface area contributed by atoms with Crippen LogP contribution in [0.25, 0.3) is 0 Å². The van der Waals surface area contributed by atoms with E-state index in [9.17, 15) is 5.21 Å². The van der Waals surface area contributed by atoms with Gasteiger partial charge in [0, 0.05) is 17.2 Å². The molecule has 2 rings (SSSR count). The monoisotopic (exact) mass is 239 g/mol. The predicted molar refractivity (Wildman–Crippen MR) is 75.5 cm³/mol. The zero-order valence-electron chi connectivity index (χ0n) is 11.0. The lowest BCUT2D eigenvalue weighted by molar-refractivity contribution is -0.355. The summed E-state index contributed by atoms with van der Waals surface area (Å²) in [5.74, 6) is 0. The van der Waals surface area contributed by atoms with Crippen molar-refractivity contribution >= 4 is 11.9 Å². The summed E-state index contributed by atoms with van der Waals surface area (Å²) >= 11 is 0. The molecule has 2 nitrogen and oxygen atoms in total. The average Bonchev–Trinajstić information content (AvgIpc) is 2.35. The fraction of sp³-hybridized carbons (Fsp3) is 0.188. The first kappa shape index (κ1) is 12.4. The van der Waals surface area contributed by atoms with Gasteiger partial charge in [-0.3, -0.25) is 0 Å². The highest BCUT2D eigenvalue weighted by molar-refractivity contribution is 5.76. The minimum atomic E-state index is 0.719. The molecule has 0 N–H and O–H groups in total. The van der Waals surface area contributed by atoms with Gasteiger partial charge in [-0.15, -0.1) is 0 Å². The molecule has 2 aromatic carbocycles. The van der Waals surface area contributed by atoms with E-state index in [1.165, 1.54) is 0 Å². The van der Waals surface area contributed by atoms with Crippen molar-refractivity contribution in [2.75, 3.05) is 0 Å².